The molecule has 1 nitrogen and oxygen atoms in total. The highest BCUT2D eigenvalue weighted by molar-refractivity contribution is 7.25. The summed E-state index contributed by atoms with van der Waals surface area (Å²) >= 11 is 1.87. The average molecular weight is 968 g/mol. The van der Waals surface area contributed by atoms with Crippen LogP contribution in [-0.2, 0) is 5.41 Å². The third kappa shape index (κ3) is 6.18. The van der Waals surface area contributed by atoms with Gasteiger partial charge in [-0.2, -0.15) is 0 Å². The molecule has 14 aromatic rings. The van der Waals surface area contributed by atoms with Crippen LogP contribution in [-0.4, -0.2) is 0 Å². The number of nitrogens with zero attached hydrogens (tertiary/aromatic N) is 1. The van der Waals surface area contributed by atoms with E-state index in [0.29, 0.717) is 0 Å². The van der Waals surface area contributed by atoms with Crippen molar-refractivity contribution in [1.82, 2.24) is 0 Å². The molecule has 0 saturated heterocycles. The maximum Gasteiger partial charge on any atom is 0.0726 e. The molecular formula is C73H45NS. The molecule has 0 radical (unpaired) electrons. The second kappa shape index (κ2) is 16.3. The zero-order valence-corrected chi connectivity index (χ0v) is 41.7. The molecule has 1 heterocycles. The maximum atomic E-state index is 2.60. The molecule has 0 aliphatic heterocycles. The van der Waals surface area contributed by atoms with Gasteiger partial charge in [0.25, 0.3) is 0 Å². The summed E-state index contributed by atoms with van der Waals surface area (Å²) < 4.78 is 2.59. The molecule has 0 saturated carbocycles. The highest BCUT2D eigenvalue weighted by atomic mass is 32.1. The summed E-state index contributed by atoms with van der Waals surface area (Å²) in [7, 11) is 0. The van der Waals surface area contributed by atoms with Crippen LogP contribution >= 0.6 is 11.3 Å². The van der Waals surface area contributed by atoms with Crippen molar-refractivity contribution >= 4 is 80.9 Å². The van der Waals surface area contributed by atoms with Crippen molar-refractivity contribution in [3.05, 3.63) is 295 Å². The minimum Gasteiger partial charge on any atom is -0.310 e. The highest BCUT2D eigenvalue weighted by Gasteiger charge is 2.52. The summed E-state index contributed by atoms with van der Waals surface area (Å²) in [5, 5.41) is 10.1. The van der Waals surface area contributed by atoms with E-state index in [0.717, 1.165) is 28.2 Å². The number of fused-ring (bicyclic) bond motifs is 19. The molecule has 13 aromatic carbocycles. The molecule has 0 N–H and O–H groups in total. The van der Waals surface area contributed by atoms with E-state index in [9.17, 15) is 0 Å². The van der Waals surface area contributed by atoms with E-state index in [2.05, 4.69) is 278 Å². The van der Waals surface area contributed by atoms with Crippen LogP contribution in [0, 0.1) is 0 Å². The maximum absolute atomic E-state index is 2.60. The summed E-state index contributed by atoms with van der Waals surface area (Å²) in [6, 6.07) is 103. The SMILES string of the molecule is c1ccc(-c2cc(-c3ccccc3)cc(N(c3ccc4c5ccccc5c5ccccc5c4c3)c3cc4c(cc3-c3ccc5sc6ccccc6c5c3)-c3ccccc3C43c4ccccc4-c4ccccc43)c2)cc1. The Bertz CT molecular complexity index is 4520. The van der Waals surface area contributed by atoms with Gasteiger partial charge in [0.1, 0.15) is 0 Å². The minimum absolute atomic E-state index is 0.550. The Balaban J connectivity index is 1.07. The molecule has 0 unspecified atom stereocenters. The van der Waals surface area contributed by atoms with Gasteiger partial charge in [0.05, 0.1) is 11.1 Å². The Kier molecular flexibility index (Phi) is 9.19. The average Bonchev–Trinajstić information content (AvgIpc) is 4.27. The van der Waals surface area contributed by atoms with Gasteiger partial charge in [-0.15, -0.1) is 11.3 Å². The van der Waals surface area contributed by atoms with Gasteiger partial charge in [0.2, 0.25) is 0 Å². The topological polar surface area (TPSA) is 3.24 Å². The lowest BCUT2D eigenvalue weighted by atomic mass is 9.70. The Morgan fingerprint density at radius 3 is 1.32 bits per heavy atom. The molecule has 1 spiro atoms. The van der Waals surface area contributed by atoms with Gasteiger partial charge in [0.15, 0.2) is 0 Å². The first kappa shape index (κ1) is 42.2. The number of hydrogen-bond acceptors (Lipinski definition) is 2. The molecule has 0 bridgehead atoms. The van der Waals surface area contributed by atoms with Gasteiger partial charge < -0.3 is 4.90 Å². The first-order valence-corrected chi connectivity index (χ1v) is 26.8. The zero-order valence-electron chi connectivity index (χ0n) is 40.8. The molecule has 348 valence electrons. The van der Waals surface area contributed by atoms with Crippen molar-refractivity contribution in [3.8, 4) is 55.6 Å². The third-order valence-corrected chi connectivity index (χ3v) is 17.6. The minimum atomic E-state index is -0.550. The molecule has 1 aromatic heterocycles. The molecule has 2 aliphatic carbocycles. The lowest BCUT2D eigenvalue weighted by Crippen LogP contribution is -2.26. The van der Waals surface area contributed by atoms with Gasteiger partial charge in [0, 0.05) is 37.1 Å². The van der Waals surface area contributed by atoms with Crippen molar-refractivity contribution in [2.75, 3.05) is 4.90 Å². The molecular weight excluding hydrogens is 923 g/mol. The monoisotopic (exact) mass is 967 g/mol. The standard InChI is InChI=1S/C73H45NS/c1-3-19-46(20-4-1)49-39-50(47-21-5-2-6-22-47)41-52(40-49)74(51-36-37-57-55-25-8-7-23-53(55)54-24-9-10-26-56(54)63(57)43-51)70-45-69-64(44-62(70)48-35-38-72-65(42-48)61-30-14-18-34-71(61)75-72)60-29-13-17-33-68(60)73(69)66-31-15-11-27-58(66)59-28-12-16-32-67(59)73/h1-45H. The fraction of sp³-hybridized carbons (Fsp3) is 0.0137. The number of hydrogen-bond donors (Lipinski definition) is 0. The summed E-state index contributed by atoms with van der Waals surface area (Å²) in [5.74, 6) is 0. The second-order valence-electron chi connectivity index (χ2n) is 20.3. The first-order chi connectivity index (χ1) is 37.2. The molecule has 0 amide bonds. The third-order valence-electron chi connectivity index (χ3n) is 16.4. The predicted octanol–water partition coefficient (Wildman–Crippen LogP) is 20.3. The molecule has 16 rings (SSSR count). The lowest BCUT2D eigenvalue weighted by molar-refractivity contribution is 0.794. The van der Waals surface area contributed by atoms with Crippen LogP contribution in [0.2, 0.25) is 0 Å². The molecule has 2 heteroatoms. The van der Waals surface area contributed by atoms with E-state index in [4.69, 9.17) is 0 Å². The van der Waals surface area contributed by atoms with Gasteiger partial charge in [-0.1, -0.05) is 212 Å². The fourth-order valence-electron chi connectivity index (χ4n) is 13.2. The van der Waals surface area contributed by atoms with E-state index < -0.39 is 5.41 Å². The largest absolute Gasteiger partial charge is 0.310 e. The Morgan fingerprint density at radius 2 is 0.720 bits per heavy atom. The van der Waals surface area contributed by atoms with E-state index in [1.165, 1.54) is 119 Å². The van der Waals surface area contributed by atoms with Crippen molar-refractivity contribution in [2.24, 2.45) is 0 Å². The summed E-state index contributed by atoms with van der Waals surface area (Å²) in [4.78, 5) is 2.59. The Morgan fingerprint density at radius 1 is 0.240 bits per heavy atom. The quantitative estimate of drug-likeness (QED) is 0.150. The summed E-state index contributed by atoms with van der Waals surface area (Å²) in [5.41, 5.74) is 20.2. The van der Waals surface area contributed by atoms with Crippen molar-refractivity contribution in [1.29, 1.82) is 0 Å². The highest BCUT2D eigenvalue weighted by Crippen LogP contribution is 2.64. The van der Waals surface area contributed by atoms with Crippen molar-refractivity contribution < 1.29 is 0 Å². The summed E-state index contributed by atoms with van der Waals surface area (Å²) in [6.45, 7) is 0. The normalized spacial score (nSPS) is 12.9. The van der Waals surface area contributed by atoms with Crippen LogP contribution < -0.4 is 4.90 Å². The van der Waals surface area contributed by atoms with Crippen LogP contribution in [0.4, 0.5) is 17.1 Å². The van der Waals surface area contributed by atoms with Crippen LogP contribution in [0.25, 0.3) is 108 Å². The summed E-state index contributed by atoms with van der Waals surface area (Å²) in [6.07, 6.45) is 0. The van der Waals surface area contributed by atoms with E-state index >= 15 is 0 Å². The fourth-order valence-corrected chi connectivity index (χ4v) is 14.3. The smallest absolute Gasteiger partial charge is 0.0726 e. The van der Waals surface area contributed by atoms with Crippen molar-refractivity contribution in [2.45, 2.75) is 5.41 Å². The van der Waals surface area contributed by atoms with Crippen molar-refractivity contribution in [3.63, 3.8) is 0 Å². The van der Waals surface area contributed by atoms with Crippen LogP contribution in [0.1, 0.15) is 22.3 Å². The zero-order chi connectivity index (χ0) is 49.2. The Hall–Kier alpha value is -9.34. The lowest BCUT2D eigenvalue weighted by Gasteiger charge is -2.34. The van der Waals surface area contributed by atoms with Crippen LogP contribution in [0.5, 0.6) is 0 Å². The molecule has 2 aliphatic rings. The van der Waals surface area contributed by atoms with E-state index in [1.807, 2.05) is 11.3 Å². The van der Waals surface area contributed by atoms with E-state index in [1.54, 1.807) is 0 Å². The number of anilines is 3. The van der Waals surface area contributed by atoms with Gasteiger partial charge in [-0.05, 0) is 165 Å². The number of benzene rings is 13. The Labute approximate surface area is 439 Å². The second-order valence-corrected chi connectivity index (χ2v) is 21.4. The molecule has 0 atom stereocenters. The predicted molar refractivity (Wildman–Crippen MR) is 319 cm³/mol. The number of rotatable bonds is 6. The van der Waals surface area contributed by atoms with Gasteiger partial charge in [-0.3, -0.25) is 0 Å². The van der Waals surface area contributed by atoms with Crippen LogP contribution in [0.15, 0.2) is 273 Å². The molecule has 0 fully saturated rings. The first-order valence-electron chi connectivity index (χ1n) is 26.0. The van der Waals surface area contributed by atoms with Crippen LogP contribution in [0.3, 0.4) is 0 Å². The van der Waals surface area contributed by atoms with Gasteiger partial charge >= 0.3 is 0 Å². The molecule has 75 heavy (non-hydrogen) atoms. The number of thiophene rings is 1. The van der Waals surface area contributed by atoms with E-state index in [-0.39, 0.29) is 0 Å². The van der Waals surface area contributed by atoms with Gasteiger partial charge in [-0.25, -0.2) is 0 Å².